The number of morpholine rings is 1. The van der Waals surface area contributed by atoms with Gasteiger partial charge in [-0.05, 0) is 23.8 Å². The first-order valence-electron chi connectivity index (χ1n) is 9.99. The predicted octanol–water partition coefficient (Wildman–Crippen LogP) is 4.11. The van der Waals surface area contributed by atoms with E-state index < -0.39 is 41.7 Å². The molecule has 4 rings (SSSR count). The third kappa shape index (κ3) is 4.81. The van der Waals surface area contributed by atoms with E-state index in [4.69, 9.17) is 9.47 Å². The SMILES string of the molecule is O=C(OCc1ccccc1)N1C2COCC1CC(O)(c1cc(OC(F)(F)F)ccc1F)C2. The van der Waals surface area contributed by atoms with Crippen molar-refractivity contribution in [1.29, 1.82) is 0 Å². The number of ether oxygens (including phenoxy) is 3. The normalized spacial score (nSPS) is 25.3. The fourth-order valence-electron chi connectivity index (χ4n) is 4.35. The molecule has 0 radical (unpaired) electrons. The molecule has 1 N–H and O–H groups in total. The molecule has 0 aliphatic carbocycles. The molecule has 1 amide bonds. The molecule has 2 fully saturated rings. The molecule has 2 aromatic carbocycles. The summed E-state index contributed by atoms with van der Waals surface area (Å²) in [6.45, 7) is 0.228. The molecule has 10 heteroatoms. The third-order valence-corrected chi connectivity index (χ3v) is 5.64. The van der Waals surface area contributed by atoms with Gasteiger partial charge in [-0.15, -0.1) is 13.2 Å². The number of halogens is 4. The van der Waals surface area contributed by atoms with Crippen LogP contribution in [0.25, 0.3) is 0 Å². The monoisotopic (exact) mass is 455 g/mol. The number of amides is 1. The van der Waals surface area contributed by atoms with E-state index in [-0.39, 0.29) is 38.2 Å². The van der Waals surface area contributed by atoms with E-state index in [2.05, 4.69) is 4.74 Å². The van der Waals surface area contributed by atoms with Crippen molar-refractivity contribution < 1.29 is 41.7 Å². The topological polar surface area (TPSA) is 68.2 Å². The zero-order valence-electron chi connectivity index (χ0n) is 16.8. The number of benzene rings is 2. The smallest absolute Gasteiger partial charge is 0.445 e. The highest BCUT2D eigenvalue weighted by atomic mass is 19.4. The van der Waals surface area contributed by atoms with Gasteiger partial charge in [0.2, 0.25) is 0 Å². The average molecular weight is 455 g/mol. The standard InChI is InChI=1S/C22H21F4NO5/c23-19-7-6-17(32-22(24,25)26)8-18(19)21(29)9-15-12-30-13-16(10-21)27(15)20(28)31-11-14-4-2-1-3-5-14/h1-8,15-16,29H,9-13H2. The Hall–Kier alpha value is -2.85. The molecule has 2 unspecified atom stereocenters. The molecule has 2 saturated heterocycles. The van der Waals surface area contributed by atoms with Crippen LogP contribution in [0, 0.1) is 5.82 Å². The number of alkyl halides is 3. The Kier molecular flexibility index (Phi) is 6.00. The molecule has 2 aliphatic heterocycles. The zero-order valence-corrected chi connectivity index (χ0v) is 16.8. The summed E-state index contributed by atoms with van der Waals surface area (Å²) in [7, 11) is 0. The van der Waals surface area contributed by atoms with Crippen molar-refractivity contribution in [3.05, 3.63) is 65.5 Å². The summed E-state index contributed by atoms with van der Waals surface area (Å²) in [6.07, 6.45) is -5.80. The summed E-state index contributed by atoms with van der Waals surface area (Å²) in [4.78, 5) is 14.2. The largest absolute Gasteiger partial charge is 0.573 e. The number of carbonyl (C=O) groups excluding carboxylic acids is 1. The van der Waals surface area contributed by atoms with Crippen molar-refractivity contribution in [1.82, 2.24) is 4.90 Å². The zero-order chi connectivity index (χ0) is 22.9. The summed E-state index contributed by atoms with van der Waals surface area (Å²) in [6, 6.07) is 10.3. The fourth-order valence-corrected chi connectivity index (χ4v) is 4.35. The second-order valence-corrected chi connectivity index (χ2v) is 7.92. The number of rotatable bonds is 4. The molecule has 2 aromatic rings. The minimum absolute atomic E-state index is 0.0617. The number of nitrogens with zero attached hydrogens (tertiary/aromatic N) is 1. The van der Waals surface area contributed by atoms with Crippen molar-refractivity contribution in [2.45, 2.75) is 43.5 Å². The van der Waals surface area contributed by atoms with Crippen LogP contribution in [-0.2, 0) is 21.7 Å². The van der Waals surface area contributed by atoms with Crippen molar-refractivity contribution in [2.75, 3.05) is 13.2 Å². The quantitative estimate of drug-likeness (QED) is 0.703. The van der Waals surface area contributed by atoms with Crippen LogP contribution in [0.5, 0.6) is 5.75 Å². The first kappa shape index (κ1) is 22.3. The Morgan fingerprint density at radius 2 is 1.78 bits per heavy atom. The van der Waals surface area contributed by atoms with Crippen molar-refractivity contribution in [3.8, 4) is 5.75 Å². The van der Waals surface area contributed by atoms with Gasteiger partial charge in [0.25, 0.3) is 0 Å². The van der Waals surface area contributed by atoms with Gasteiger partial charge < -0.3 is 19.3 Å². The van der Waals surface area contributed by atoms with Gasteiger partial charge in [-0.1, -0.05) is 30.3 Å². The second kappa shape index (κ2) is 8.59. The van der Waals surface area contributed by atoms with Gasteiger partial charge >= 0.3 is 12.5 Å². The molecular formula is C22H21F4NO5. The average Bonchev–Trinajstić information content (AvgIpc) is 2.72. The Labute approximate surface area is 181 Å². The van der Waals surface area contributed by atoms with Crippen LogP contribution in [0.2, 0.25) is 0 Å². The maximum absolute atomic E-state index is 14.5. The lowest BCUT2D eigenvalue weighted by molar-refractivity contribution is -0.274. The molecule has 0 spiro atoms. The van der Waals surface area contributed by atoms with Crippen LogP contribution < -0.4 is 4.74 Å². The number of fused-ring (bicyclic) bond motifs is 2. The maximum atomic E-state index is 14.5. The third-order valence-electron chi connectivity index (χ3n) is 5.64. The molecule has 2 aliphatic rings. The van der Waals surface area contributed by atoms with Gasteiger partial charge in [-0.25, -0.2) is 9.18 Å². The summed E-state index contributed by atoms with van der Waals surface area (Å²) < 4.78 is 67.1. The van der Waals surface area contributed by atoms with Crippen LogP contribution in [0.3, 0.4) is 0 Å². The lowest BCUT2D eigenvalue weighted by Gasteiger charge is -2.51. The van der Waals surface area contributed by atoms with Gasteiger partial charge in [-0.3, -0.25) is 4.90 Å². The molecule has 172 valence electrons. The van der Waals surface area contributed by atoms with Crippen molar-refractivity contribution in [3.63, 3.8) is 0 Å². The summed E-state index contributed by atoms with van der Waals surface area (Å²) in [5.41, 5.74) is -1.31. The van der Waals surface area contributed by atoms with Crippen LogP contribution in [0.4, 0.5) is 22.4 Å². The molecule has 2 atom stereocenters. The Morgan fingerprint density at radius 3 is 2.41 bits per heavy atom. The highest BCUT2D eigenvalue weighted by Gasteiger charge is 2.50. The summed E-state index contributed by atoms with van der Waals surface area (Å²) >= 11 is 0. The fraction of sp³-hybridized carbons (Fsp3) is 0.409. The maximum Gasteiger partial charge on any atom is 0.573 e. The lowest BCUT2D eigenvalue weighted by atomic mass is 9.76. The van der Waals surface area contributed by atoms with E-state index >= 15 is 0 Å². The van der Waals surface area contributed by atoms with E-state index in [1.807, 2.05) is 30.3 Å². The number of hydrogen-bond donors (Lipinski definition) is 1. The highest BCUT2D eigenvalue weighted by molar-refractivity contribution is 5.69. The van der Waals surface area contributed by atoms with E-state index in [1.165, 1.54) is 4.90 Å². The van der Waals surface area contributed by atoms with Crippen LogP contribution >= 0.6 is 0 Å². The van der Waals surface area contributed by atoms with Crippen LogP contribution in [0.1, 0.15) is 24.0 Å². The molecule has 2 bridgehead atoms. The van der Waals surface area contributed by atoms with Crippen LogP contribution in [0.15, 0.2) is 48.5 Å². The van der Waals surface area contributed by atoms with Gasteiger partial charge in [-0.2, -0.15) is 0 Å². The first-order valence-corrected chi connectivity index (χ1v) is 9.99. The summed E-state index contributed by atoms with van der Waals surface area (Å²) in [5.74, 6) is -1.49. The number of carbonyl (C=O) groups is 1. The minimum atomic E-state index is -4.95. The Bertz CT molecular complexity index is 955. The molecule has 6 nitrogen and oxygen atoms in total. The van der Waals surface area contributed by atoms with Gasteiger partial charge in [0.1, 0.15) is 18.2 Å². The predicted molar refractivity (Wildman–Crippen MR) is 103 cm³/mol. The summed E-state index contributed by atoms with van der Waals surface area (Å²) in [5, 5.41) is 11.2. The molecule has 0 aromatic heterocycles. The van der Waals surface area contributed by atoms with Crippen LogP contribution in [-0.4, -0.2) is 47.8 Å². The number of hydrogen-bond acceptors (Lipinski definition) is 5. The van der Waals surface area contributed by atoms with Gasteiger partial charge in [0.15, 0.2) is 0 Å². The lowest BCUT2D eigenvalue weighted by Crippen LogP contribution is -2.62. The van der Waals surface area contributed by atoms with Gasteiger partial charge in [0, 0.05) is 18.4 Å². The highest BCUT2D eigenvalue weighted by Crippen LogP contribution is 2.43. The van der Waals surface area contributed by atoms with Crippen molar-refractivity contribution >= 4 is 6.09 Å². The van der Waals surface area contributed by atoms with Crippen molar-refractivity contribution in [2.24, 2.45) is 0 Å². The number of piperidine rings is 1. The van der Waals surface area contributed by atoms with Gasteiger partial charge in [0.05, 0.1) is 30.9 Å². The number of aliphatic hydroxyl groups is 1. The first-order chi connectivity index (χ1) is 15.1. The minimum Gasteiger partial charge on any atom is -0.445 e. The molecule has 32 heavy (non-hydrogen) atoms. The van der Waals surface area contributed by atoms with E-state index in [0.29, 0.717) is 0 Å². The van der Waals surface area contributed by atoms with E-state index in [9.17, 15) is 27.5 Å². The Balaban J connectivity index is 1.52. The molecule has 2 heterocycles. The van der Waals surface area contributed by atoms with E-state index in [1.54, 1.807) is 0 Å². The van der Waals surface area contributed by atoms with E-state index in [0.717, 1.165) is 23.8 Å². The Morgan fingerprint density at radius 1 is 1.12 bits per heavy atom. The molecular weight excluding hydrogens is 434 g/mol. The molecule has 0 saturated carbocycles. The second-order valence-electron chi connectivity index (χ2n) is 7.92.